The van der Waals surface area contributed by atoms with Crippen LogP contribution in [0.5, 0.6) is 0 Å². The number of carbonyl (C=O) groups is 1. The zero-order valence-electron chi connectivity index (χ0n) is 8.75. The summed E-state index contributed by atoms with van der Waals surface area (Å²) in [5.41, 5.74) is 0.696. The highest BCUT2D eigenvalue weighted by Crippen LogP contribution is 2.20. The molecule has 0 bridgehead atoms. The summed E-state index contributed by atoms with van der Waals surface area (Å²) in [6.45, 7) is 6.67. The molecule has 0 aromatic carbocycles. The van der Waals surface area contributed by atoms with Crippen LogP contribution in [0.25, 0.3) is 0 Å². The van der Waals surface area contributed by atoms with E-state index >= 15 is 0 Å². The number of aromatic nitrogens is 2. The lowest BCUT2D eigenvalue weighted by atomic mass is 10.0. The zero-order chi connectivity index (χ0) is 10.7. The van der Waals surface area contributed by atoms with E-state index in [4.69, 9.17) is 0 Å². The molecule has 0 N–H and O–H groups in total. The highest BCUT2D eigenvalue weighted by atomic mass is 79.9. The SMILES string of the molecule is CCC(C)C(=O)c1c(Br)cnn1CC. The van der Waals surface area contributed by atoms with Crippen LogP contribution in [0.3, 0.4) is 0 Å². The van der Waals surface area contributed by atoms with Gasteiger partial charge in [0.1, 0.15) is 5.69 Å². The number of hydrogen-bond acceptors (Lipinski definition) is 2. The van der Waals surface area contributed by atoms with Gasteiger partial charge in [0, 0.05) is 12.5 Å². The molecule has 3 nitrogen and oxygen atoms in total. The minimum atomic E-state index is 0.0632. The minimum absolute atomic E-state index is 0.0632. The Morgan fingerprint density at radius 2 is 2.29 bits per heavy atom. The Balaban J connectivity index is 3.04. The largest absolute Gasteiger partial charge is 0.292 e. The Hall–Kier alpha value is -0.640. The van der Waals surface area contributed by atoms with E-state index in [9.17, 15) is 4.79 Å². The van der Waals surface area contributed by atoms with Crippen molar-refractivity contribution in [3.05, 3.63) is 16.4 Å². The second-order valence-electron chi connectivity index (χ2n) is 3.33. The first-order valence-electron chi connectivity index (χ1n) is 4.87. The molecule has 1 heterocycles. The summed E-state index contributed by atoms with van der Waals surface area (Å²) in [4.78, 5) is 11.9. The third-order valence-electron chi connectivity index (χ3n) is 2.39. The lowest BCUT2D eigenvalue weighted by Gasteiger charge is -2.09. The highest BCUT2D eigenvalue weighted by Gasteiger charge is 2.20. The molecule has 1 aromatic rings. The molecule has 1 atom stereocenters. The molecule has 1 unspecified atom stereocenters. The second-order valence-corrected chi connectivity index (χ2v) is 4.18. The van der Waals surface area contributed by atoms with Gasteiger partial charge >= 0.3 is 0 Å². The van der Waals surface area contributed by atoms with Gasteiger partial charge in [-0.25, -0.2) is 0 Å². The van der Waals surface area contributed by atoms with Crippen molar-refractivity contribution in [2.75, 3.05) is 0 Å². The van der Waals surface area contributed by atoms with Crippen LogP contribution in [0.4, 0.5) is 0 Å². The lowest BCUT2D eigenvalue weighted by molar-refractivity contribution is 0.0915. The van der Waals surface area contributed by atoms with Crippen LogP contribution >= 0.6 is 15.9 Å². The molecule has 0 aliphatic heterocycles. The van der Waals surface area contributed by atoms with Crippen molar-refractivity contribution in [3.63, 3.8) is 0 Å². The molecule has 1 aromatic heterocycles. The van der Waals surface area contributed by atoms with Crippen LogP contribution < -0.4 is 0 Å². The van der Waals surface area contributed by atoms with E-state index in [1.807, 2.05) is 20.8 Å². The number of rotatable bonds is 4. The summed E-state index contributed by atoms with van der Waals surface area (Å²) < 4.78 is 2.53. The summed E-state index contributed by atoms with van der Waals surface area (Å²) in [5.74, 6) is 0.229. The molecule has 4 heteroatoms. The number of hydrogen-bond donors (Lipinski definition) is 0. The maximum atomic E-state index is 11.9. The van der Waals surface area contributed by atoms with Gasteiger partial charge in [0.05, 0.1) is 10.7 Å². The minimum Gasteiger partial charge on any atom is -0.292 e. The fourth-order valence-corrected chi connectivity index (χ4v) is 1.76. The summed E-state index contributed by atoms with van der Waals surface area (Å²) in [7, 11) is 0. The van der Waals surface area contributed by atoms with Crippen molar-refractivity contribution < 1.29 is 4.79 Å². The molecule has 0 saturated heterocycles. The predicted molar refractivity (Wildman–Crippen MR) is 59.4 cm³/mol. The van der Waals surface area contributed by atoms with Crippen molar-refractivity contribution >= 4 is 21.7 Å². The van der Waals surface area contributed by atoms with Crippen molar-refractivity contribution in [2.24, 2.45) is 5.92 Å². The van der Waals surface area contributed by atoms with E-state index in [1.165, 1.54) is 0 Å². The summed E-state index contributed by atoms with van der Waals surface area (Å²) >= 11 is 3.35. The summed E-state index contributed by atoms with van der Waals surface area (Å²) in [6, 6.07) is 0. The molecule has 0 amide bonds. The fourth-order valence-electron chi connectivity index (χ4n) is 1.27. The topological polar surface area (TPSA) is 34.9 Å². The van der Waals surface area contributed by atoms with Gasteiger partial charge in [-0.15, -0.1) is 0 Å². The van der Waals surface area contributed by atoms with Crippen molar-refractivity contribution in [2.45, 2.75) is 33.7 Å². The average Bonchev–Trinajstić information content (AvgIpc) is 2.57. The lowest BCUT2D eigenvalue weighted by Crippen LogP contribution is -2.16. The first kappa shape index (κ1) is 11.4. The average molecular weight is 259 g/mol. The van der Waals surface area contributed by atoms with E-state index in [0.29, 0.717) is 5.69 Å². The van der Waals surface area contributed by atoms with Gasteiger partial charge in [-0.05, 0) is 29.3 Å². The van der Waals surface area contributed by atoms with Crippen LogP contribution in [-0.4, -0.2) is 15.6 Å². The smallest absolute Gasteiger partial charge is 0.184 e. The Labute approximate surface area is 92.6 Å². The van der Waals surface area contributed by atoms with Gasteiger partial charge in [-0.2, -0.15) is 5.10 Å². The van der Waals surface area contributed by atoms with Gasteiger partial charge in [0.25, 0.3) is 0 Å². The molecule has 0 aliphatic rings. The van der Waals surface area contributed by atoms with Gasteiger partial charge in [-0.3, -0.25) is 9.48 Å². The Morgan fingerprint density at radius 3 is 2.79 bits per heavy atom. The van der Waals surface area contributed by atoms with E-state index in [-0.39, 0.29) is 11.7 Å². The normalized spacial score (nSPS) is 12.9. The number of aryl methyl sites for hydroxylation is 1. The first-order valence-corrected chi connectivity index (χ1v) is 5.66. The van der Waals surface area contributed by atoms with Crippen LogP contribution in [0.2, 0.25) is 0 Å². The van der Waals surface area contributed by atoms with E-state index in [1.54, 1.807) is 10.9 Å². The number of halogens is 1. The zero-order valence-corrected chi connectivity index (χ0v) is 10.3. The molecule has 14 heavy (non-hydrogen) atoms. The van der Waals surface area contributed by atoms with Gasteiger partial charge in [0.2, 0.25) is 0 Å². The van der Waals surface area contributed by atoms with E-state index < -0.39 is 0 Å². The number of carbonyl (C=O) groups excluding carboxylic acids is 1. The molecule has 0 radical (unpaired) electrons. The van der Waals surface area contributed by atoms with Crippen LogP contribution in [0.15, 0.2) is 10.7 Å². The molecule has 0 aliphatic carbocycles. The van der Waals surface area contributed by atoms with Crippen LogP contribution in [0.1, 0.15) is 37.7 Å². The second kappa shape index (κ2) is 4.73. The fraction of sp³-hybridized carbons (Fsp3) is 0.600. The van der Waals surface area contributed by atoms with E-state index in [2.05, 4.69) is 21.0 Å². The molecule has 0 saturated carbocycles. The number of Topliss-reactive ketones (excluding diaryl/α,β-unsaturated/α-hetero) is 1. The molecular weight excluding hydrogens is 244 g/mol. The first-order chi connectivity index (χ1) is 6.61. The number of ketones is 1. The predicted octanol–water partition coefficient (Wildman–Crippen LogP) is 2.89. The van der Waals surface area contributed by atoms with Gasteiger partial charge < -0.3 is 0 Å². The monoisotopic (exact) mass is 258 g/mol. The standard InChI is InChI=1S/C10H15BrN2O/c1-4-7(3)10(14)9-8(11)6-12-13(9)5-2/h6-7H,4-5H2,1-3H3. The van der Waals surface area contributed by atoms with Crippen LogP contribution in [0, 0.1) is 5.92 Å². The maximum absolute atomic E-state index is 11.9. The summed E-state index contributed by atoms with van der Waals surface area (Å²) in [6.07, 6.45) is 2.54. The van der Waals surface area contributed by atoms with Crippen molar-refractivity contribution in [3.8, 4) is 0 Å². The number of nitrogens with zero attached hydrogens (tertiary/aromatic N) is 2. The third-order valence-corrected chi connectivity index (χ3v) is 2.97. The molecule has 78 valence electrons. The van der Waals surface area contributed by atoms with Crippen molar-refractivity contribution in [1.29, 1.82) is 0 Å². The molecule has 1 rings (SSSR count). The summed E-state index contributed by atoms with van der Waals surface area (Å²) in [5, 5.41) is 4.12. The third kappa shape index (κ3) is 2.05. The Bertz CT molecular complexity index is 333. The van der Waals surface area contributed by atoms with Gasteiger partial charge in [-0.1, -0.05) is 13.8 Å². The maximum Gasteiger partial charge on any atom is 0.184 e. The Morgan fingerprint density at radius 1 is 1.64 bits per heavy atom. The molecular formula is C10H15BrN2O. The highest BCUT2D eigenvalue weighted by molar-refractivity contribution is 9.10. The molecule has 0 fully saturated rings. The van der Waals surface area contributed by atoms with Gasteiger partial charge in [0.15, 0.2) is 5.78 Å². The van der Waals surface area contributed by atoms with Crippen molar-refractivity contribution in [1.82, 2.24) is 9.78 Å². The Kier molecular flexibility index (Phi) is 3.86. The van der Waals surface area contributed by atoms with Crippen LogP contribution in [-0.2, 0) is 6.54 Å². The quantitative estimate of drug-likeness (QED) is 0.779. The molecule has 0 spiro atoms. The van der Waals surface area contributed by atoms with E-state index in [0.717, 1.165) is 17.4 Å².